The molecular weight excluding hydrogens is 504 g/mol. The van der Waals surface area contributed by atoms with Crippen LogP contribution in [0.15, 0.2) is 76.1 Å². The number of fused-ring (bicyclic) bond motifs is 1. The largest absolute Gasteiger partial charge is 0.496 e. The SMILES string of the molecule is COc1ccc(Br)cc1CN(C)C(=O)c1cccc(S(=O)(=O)N2CCc3ccccc3C2)c1. The highest BCUT2D eigenvalue weighted by Gasteiger charge is 2.29. The van der Waals surface area contributed by atoms with Crippen LogP contribution in [-0.4, -0.2) is 44.2 Å². The summed E-state index contributed by atoms with van der Waals surface area (Å²) in [5.74, 6) is 0.414. The van der Waals surface area contributed by atoms with Crippen molar-refractivity contribution >= 4 is 31.9 Å². The number of benzene rings is 3. The summed E-state index contributed by atoms with van der Waals surface area (Å²) >= 11 is 3.45. The third-order valence-electron chi connectivity index (χ3n) is 5.81. The Labute approximate surface area is 203 Å². The molecule has 1 aliphatic rings. The van der Waals surface area contributed by atoms with Gasteiger partial charge < -0.3 is 9.64 Å². The lowest BCUT2D eigenvalue weighted by Gasteiger charge is -2.28. The zero-order valence-corrected chi connectivity index (χ0v) is 20.9. The van der Waals surface area contributed by atoms with Crippen LogP contribution < -0.4 is 4.74 Å². The average Bonchev–Trinajstić information content (AvgIpc) is 2.83. The maximum atomic E-state index is 13.3. The molecule has 172 valence electrons. The molecule has 0 fully saturated rings. The van der Waals surface area contributed by atoms with Crippen LogP contribution in [0, 0.1) is 0 Å². The standard InChI is InChI=1S/C25H25BrN2O4S/c1-27(16-21-14-22(26)10-11-24(21)32-2)25(29)19-8-5-9-23(15-19)33(30,31)28-13-12-18-6-3-4-7-20(18)17-28/h3-11,14-15H,12-13,16-17H2,1-2H3. The number of ether oxygens (including phenoxy) is 1. The van der Waals surface area contributed by atoms with Gasteiger partial charge in [-0.3, -0.25) is 4.79 Å². The molecule has 0 aromatic heterocycles. The second-order valence-electron chi connectivity index (χ2n) is 8.00. The summed E-state index contributed by atoms with van der Waals surface area (Å²) in [7, 11) is -0.454. The molecule has 6 nitrogen and oxygen atoms in total. The van der Waals surface area contributed by atoms with Crippen LogP contribution in [0.4, 0.5) is 0 Å². The van der Waals surface area contributed by atoms with E-state index in [0.29, 0.717) is 37.4 Å². The van der Waals surface area contributed by atoms with Crippen molar-refractivity contribution in [1.82, 2.24) is 9.21 Å². The molecule has 3 aromatic carbocycles. The van der Waals surface area contributed by atoms with Gasteiger partial charge in [0.2, 0.25) is 10.0 Å². The number of rotatable bonds is 6. The van der Waals surface area contributed by atoms with Gasteiger partial charge in [0.05, 0.1) is 12.0 Å². The van der Waals surface area contributed by atoms with Gasteiger partial charge in [-0.15, -0.1) is 0 Å². The lowest BCUT2D eigenvalue weighted by Crippen LogP contribution is -2.36. The van der Waals surface area contributed by atoms with Gasteiger partial charge in [-0.05, 0) is 53.9 Å². The molecule has 0 spiro atoms. The van der Waals surface area contributed by atoms with E-state index in [-0.39, 0.29) is 10.8 Å². The second-order valence-corrected chi connectivity index (χ2v) is 10.9. The minimum Gasteiger partial charge on any atom is -0.496 e. The van der Waals surface area contributed by atoms with Gasteiger partial charge in [0.1, 0.15) is 5.75 Å². The van der Waals surface area contributed by atoms with E-state index in [0.717, 1.165) is 15.6 Å². The van der Waals surface area contributed by atoms with E-state index in [1.54, 1.807) is 37.3 Å². The number of carbonyl (C=O) groups excluding carboxylic acids is 1. The van der Waals surface area contributed by atoms with Crippen LogP contribution in [0.2, 0.25) is 0 Å². The van der Waals surface area contributed by atoms with E-state index in [1.165, 1.54) is 15.9 Å². The smallest absolute Gasteiger partial charge is 0.253 e. The Morgan fingerprint density at radius 2 is 1.82 bits per heavy atom. The van der Waals surface area contributed by atoms with Crippen molar-refractivity contribution in [2.24, 2.45) is 0 Å². The van der Waals surface area contributed by atoms with Crippen molar-refractivity contribution in [2.45, 2.75) is 24.4 Å². The van der Waals surface area contributed by atoms with Crippen molar-refractivity contribution in [3.8, 4) is 5.75 Å². The Bertz CT molecular complexity index is 1290. The predicted molar refractivity (Wildman–Crippen MR) is 131 cm³/mol. The highest BCUT2D eigenvalue weighted by atomic mass is 79.9. The average molecular weight is 529 g/mol. The maximum Gasteiger partial charge on any atom is 0.253 e. The minimum atomic E-state index is -3.73. The van der Waals surface area contributed by atoms with Crippen LogP contribution in [0.25, 0.3) is 0 Å². The molecule has 0 aliphatic carbocycles. The van der Waals surface area contributed by atoms with Crippen molar-refractivity contribution in [1.29, 1.82) is 0 Å². The third kappa shape index (κ3) is 4.98. The van der Waals surface area contributed by atoms with E-state index >= 15 is 0 Å². The first-order chi connectivity index (χ1) is 15.8. The summed E-state index contributed by atoms with van der Waals surface area (Å²) in [4.78, 5) is 14.8. The third-order valence-corrected chi connectivity index (χ3v) is 8.15. The Hall–Kier alpha value is -2.68. The van der Waals surface area contributed by atoms with Gasteiger partial charge in [-0.2, -0.15) is 4.31 Å². The van der Waals surface area contributed by atoms with E-state index in [1.807, 2.05) is 42.5 Å². The first-order valence-corrected chi connectivity index (χ1v) is 12.8. The van der Waals surface area contributed by atoms with Gasteiger partial charge >= 0.3 is 0 Å². The van der Waals surface area contributed by atoms with E-state index < -0.39 is 10.0 Å². The molecule has 0 bridgehead atoms. The Balaban J connectivity index is 1.55. The number of halogens is 1. The van der Waals surface area contributed by atoms with Crippen molar-refractivity contribution < 1.29 is 17.9 Å². The van der Waals surface area contributed by atoms with Crippen LogP contribution in [0.3, 0.4) is 0 Å². The van der Waals surface area contributed by atoms with Crippen LogP contribution in [0.5, 0.6) is 5.75 Å². The van der Waals surface area contributed by atoms with Crippen molar-refractivity contribution in [3.05, 3.63) is 93.5 Å². The maximum absolute atomic E-state index is 13.3. The molecule has 0 saturated carbocycles. The first kappa shape index (κ1) is 23.5. The van der Waals surface area contributed by atoms with Crippen molar-refractivity contribution in [2.75, 3.05) is 20.7 Å². The van der Waals surface area contributed by atoms with E-state index in [9.17, 15) is 13.2 Å². The second kappa shape index (κ2) is 9.67. The number of sulfonamides is 1. The lowest BCUT2D eigenvalue weighted by atomic mass is 10.0. The lowest BCUT2D eigenvalue weighted by molar-refractivity contribution is 0.0784. The first-order valence-electron chi connectivity index (χ1n) is 10.5. The molecule has 33 heavy (non-hydrogen) atoms. The Morgan fingerprint density at radius 1 is 1.06 bits per heavy atom. The van der Waals surface area contributed by atoms with Gasteiger partial charge in [-0.1, -0.05) is 46.3 Å². The summed E-state index contributed by atoms with van der Waals surface area (Å²) in [6.07, 6.45) is 0.672. The molecule has 4 rings (SSSR count). The molecule has 0 atom stereocenters. The quantitative estimate of drug-likeness (QED) is 0.473. The Kier molecular flexibility index (Phi) is 6.88. The van der Waals surface area contributed by atoms with Crippen LogP contribution >= 0.6 is 15.9 Å². The molecule has 0 unspecified atom stereocenters. The number of carbonyl (C=O) groups is 1. The molecule has 1 amide bonds. The number of nitrogens with zero attached hydrogens (tertiary/aromatic N) is 2. The topological polar surface area (TPSA) is 66.9 Å². The summed E-state index contributed by atoms with van der Waals surface area (Å²) < 4.78 is 34.4. The van der Waals surface area contributed by atoms with Gasteiger partial charge in [0.25, 0.3) is 5.91 Å². The fourth-order valence-corrected chi connectivity index (χ4v) is 5.91. The molecule has 1 heterocycles. The molecule has 0 saturated heterocycles. The van der Waals surface area contributed by atoms with E-state index in [4.69, 9.17) is 4.74 Å². The number of methoxy groups -OCH3 is 1. The number of hydrogen-bond acceptors (Lipinski definition) is 4. The fraction of sp³-hybridized carbons (Fsp3) is 0.240. The Morgan fingerprint density at radius 3 is 2.58 bits per heavy atom. The molecule has 0 N–H and O–H groups in total. The van der Waals surface area contributed by atoms with Gasteiger partial charge in [0, 0.05) is 42.3 Å². The highest BCUT2D eigenvalue weighted by Crippen LogP contribution is 2.27. The summed E-state index contributed by atoms with van der Waals surface area (Å²) in [6.45, 7) is 1.07. The molecule has 0 radical (unpaired) electrons. The molecule has 8 heteroatoms. The highest BCUT2D eigenvalue weighted by molar-refractivity contribution is 9.10. The molecule has 1 aliphatic heterocycles. The zero-order chi connectivity index (χ0) is 23.6. The minimum absolute atomic E-state index is 0.126. The van der Waals surface area contributed by atoms with Gasteiger partial charge in [0.15, 0.2) is 0 Å². The van der Waals surface area contributed by atoms with Crippen LogP contribution in [-0.2, 0) is 29.5 Å². The van der Waals surface area contributed by atoms with Gasteiger partial charge in [-0.25, -0.2) is 8.42 Å². The predicted octanol–water partition coefficient (Wildman–Crippen LogP) is 4.48. The number of hydrogen-bond donors (Lipinski definition) is 0. The summed E-state index contributed by atoms with van der Waals surface area (Å²) in [5.41, 5.74) is 3.36. The normalized spacial score (nSPS) is 13.9. The molecular formula is C25H25BrN2O4S. The summed E-state index contributed by atoms with van der Waals surface area (Å²) in [6, 6.07) is 19.8. The van der Waals surface area contributed by atoms with Crippen LogP contribution in [0.1, 0.15) is 27.0 Å². The number of amides is 1. The molecule has 3 aromatic rings. The monoisotopic (exact) mass is 528 g/mol. The van der Waals surface area contributed by atoms with E-state index in [2.05, 4.69) is 15.9 Å². The fourth-order valence-electron chi connectivity index (χ4n) is 4.03. The van der Waals surface area contributed by atoms with Crippen molar-refractivity contribution in [3.63, 3.8) is 0 Å². The summed E-state index contributed by atoms with van der Waals surface area (Å²) in [5, 5.41) is 0. The zero-order valence-electron chi connectivity index (χ0n) is 18.5.